The second-order valence-electron chi connectivity index (χ2n) is 5.87. The van der Waals surface area contributed by atoms with Gasteiger partial charge in [-0.15, -0.1) is 11.3 Å². The molecular weight excluding hydrogens is 416 g/mol. The Bertz CT molecular complexity index is 1110. The van der Waals surface area contributed by atoms with E-state index in [0.717, 1.165) is 21.6 Å². The van der Waals surface area contributed by atoms with Crippen molar-refractivity contribution in [1.82, 2.24) is 19.7 Å². The number of halogens is 1. The fraction of sp³-hybridized carbons (Fsp3) is 0.167. The van der Waals surface area contributed by atoms with E-state index in [1.807, 2.05) is 54.9 Å². The van der Waals surface area contributed by atoms with E-state index in [1.165, 1.54) is 11.3 Å². The first-order chi connectivity index (χ1) is 12.5. The van der Waals surface area contributed by atoms with E-state index >= 15 is 0 Å². The first-order valence-corrected chi connectivity index (χ1v) is 9.56. The van der Waals surface area contributed by atoms with Gasteiger partial charge in [0, 0.05) is 16.9 Å². The van der Waals surface area contributed by atoms with Gasteiger partial charge in [-0.1, -0.05) is 0 Å². The maximum Gasteiger partial charge on any atom is 0.263 e. The number of thiazole rings is 1. The van der Waals surface area contributed by atoms with Gasteiger partial charge in [0.15, 0.2) is 10.8 Å². The third-order valence-electron chi connectivity index (χ3n) is 3.85. The molecule has 0 bridgehead atoms. The summed E-state index contributed by atoms with van der Waals surface area (Å²) in [5.41, 5.74) is 2.32. The maximum absolute atomic E-state index is 12.5. The monoisotopic (exact) mass is 430 g/mol. The van der Waals surface area contributed by atoms with Crippen molar-refractivity contribution in [3.8, 4) is 10.8 Å². The van der Waals surface area contributed by atoms with Crippen molar-refractivity contribution in [2.75, 3.05) is 0 Å². The van der Waals surface area contributed by atoms with Crippen LogP contribution in [-0.4, -0.2) is 20.3 Å². The van der Waals surface area contributed by atoms with Crippen LogP contribution in [0.4, 0.5) is 0 Å². The minimum atomic E-state index is -0.159. The molecule has 0 aliphatic rings. The van der Waals surface area contributed by atoms with Crippen LogP contribution in [0, 0.1) is 13.8 Å². The number of pyridine rings is 1. The van der Waals surface area contributed by atoms with Crippen molar-refractivity contribution in [2.24, 2.45) is 0 Å². The molecule has 4 heterocycles. The lowest BCUT2D eigenvalue weighted by Gasteiger charge is -2.00. The fourth-order valence-corrected chi connectivity index (χ4v) is 3.91. The molecule has 1 N–H and O–H groups in total. The van der Waals surface area contributed by atoms with Gasteiger partial charge in [0.25, 0.3) is 5.91 Å². The van der Waals surface area contributed by atoms with Crippen LogP contribution in [0.15, 0.2) is 45.5 Å². The minimum absolute atomic E-state index is 0.159. The summed E-state index contributed by atoms with van der Waals surface area (Å²) in [7, 11) is 0. The van der Waals surface area contributed by atoms with Crippen LogP contribution in [0.1, 0.15) is 26.8 Å². The predicted molar refractivity (Wildman–Crippen MR) is 103 cm³/mol. The molecule has 1 amide bonds. The second-order valence-corrected chi connectivity index (χ2v) is 7.79. The summed E-state index contributed by atoms with van der Waals surface area (Å²) in [5.74, 6) is 1.34. The Morgan fingerprint density at radius 3 is 2.85 bits per heavy atom. The number of rotatable bonds is 4. The van der Waals surface area contributed by atoms with Gasteiger partial charge in [-0.3, -0.25) is 4.79 Å². The average Bonchev–Trinajstić information content (AvgIpc) is 3.30. The van der Waals surface area contributed by atoms with Gasteiger partial charge in [0.2, 0.25) is 0 Å². The number of furan rings is 1. The first kappa shape index (κ1) is 17.0. The van der Waals surface area contributed by atoms with E-state index in [0.29, 0.717) is 27.9 Å². The molecule has 4 aromatic rings. The van der Waals surface area contributed by atoms with Crippen molar-refractivity contribution in [3.05, 3.63) is 63.2 Å². The highest BCUT2D eigenvalue weighted by Gasteiger charge is 2.18. The summed E-state index contributed by atoms with van der Waals surface area (Å²) in [6, 6.07) is 7.60. The zero-order chi connectivity index (χ0) is 18.3. The molecule has 132 valence electrons. The second kappa shape index (κ2) is 6.69. The van der Waals surface area contributed by atoms with E-state index in [2.05, 4.69) is 31.2 Å². The highest BCUT2D eigenvalue weighted by Crippen LogP contribution is 2.29. The Balaban J connectivity index is 1.50. The Kier molecular flexibility index (Phi) is 4.37. The molecule has 0 aliphatic heterocycles. The van der Waals surface area contributed by atoms with Crippen LogP contribution in [-0.2, 0) is 6.54 Å². The highest BCUT2D eigenvalue weighted by molar-refractivity contribution is 9.10. The lowest BCUT2D eigenvalue weighted by molar-refractivity contribution is 0.0953. The van der Waals surface area contributed by atoms with Gasteiger partial charge in [-0.05, 0) is 54.0 Å². The van der Waals surface area contributed by atoms with Gasteiger partial charge in [-0.25, -0.2) is 9.97 Å². The molecule has 8 heteroatoms. The molecule has 0 radical (unpaired) electrons. The number of hydrogen-bond donors (Lipinski definition) is 1. The molecule has 0 saturated carbocycles. The molecule has 0 fully saturated rings. The van der Waals surface area contributed by atoms with Gasteiger partial charge < -0.3 is 14.1 Å². The number of nitrogens with zero attached hydrogens (tertiary/aromatic N) is 3. The summed E-state index contributed by atoms with van der Waals surface area (Å²) in [6.45, 7) is 4.06. The summed E-state index contributed by atoms with van der Waals surface area (Å²) in [5, 5.41) is 3.62. The average molecular weight is 431 g/mol. The molecule has 0 spiro atoms. The zero-order valence-corrected chi connectivity index (χ0v) is 16.5. The van der Waals surface area contributed by atoms with Crippen LogP contribution in [0.3, 0.4) is 0 Å². The number of nitrogens with one attached hydrogen (secondary N) is 1. The standard InChI is InChI=1S/C18H15BrN4O2S/c1-10-3-5-14(25-10)18-21-11(2)16(26-18)17(24)20-7-13-9-23-8-12(19)4-6-15(23)22-13/h3-6,8-9H,7H2,1-2H3,(H,20,24). The number of aryl methyl sites for hydroxylation is 2. The molecule has 0 aliphatic carbocycles. The Hall–Kier alpha value is -2.45. The molecule has 0 aromatic carbocycles. The number of hydrogen-bond acceptors (Lipinski definition) is 5. The third kappa shape index (κ3) is 3.30. The normalized spacial score (nSPS) is 11.2. The largest absolute Gasteiger partial charge is 0.459 e. The lowest BCUT2D eigenvalue weighted by Crippen LogP contribution is -2.22. The van der Waals surface area contributed by atoms with Gasteiger partial charge in [-0.2, -0.15) is 0 Å². The minimum Gasteiger partial charge on any atom is -0.459 e. The number of carbonyl (C=O) groups is 1. The van der Waals surface area contributed by atoms with Crippen LogP contribution in [0.2, 0.25) is 0 Å². The molecule has 0 unspecified atom stereocenters. The van der Waals surface area contributed by atoms with Crippen LogP contribution in [0.5, 0.6) is 0 Å². The van der Waals surface area contributed by atoms with Crippen LogP contribution in [0.25, 0.3) is 16.4 Å². The molecule has 6 nitrogen and oxygen atoms in total. The number of aromatic nitrogens is 3. The SMILES string of the molecule is Cc1ccc(-c2nc(C)c(C(=O)NCc3cn4cc(Br)ccc4n3)s2)o1. The summed E-state index contributed by atoms with van der Waals surface area (Å²) in [6.07, 6.45) is 3.83. The third-order valence-corrected chi connectivity index (χ3v) is 5.49. The van der Waals surface area contributed by atoms with Gasteiger partial charge in [0.05, 0.1) is 17.9 Å². The van der Waals surface area contributed by atoms with E-state index < -0.39 is 0 Å². The quantitative estimate of drug-likeness (QED) is 0.521. The molecule has 26 heavy (non-hydrogen) atoms. The smallest absolute Gasteiger partial charge is 0.263 e. The molecule has 0 atom stereocenters. The van der Waals surface area contributed by atoms with Crippen molar-refractivity contribution >= 4 is 38.8 Å². The molecule has 4 aromatic heterocycles. The Morgan fingerprint density at radius 1 is 1.23 bits per heavy atom. The molecule has 0 saturated heterocycles. The van der Waals surface area contributed by atoms with E-state index in [-0.39, 0.29) is 5.91 Å². The first-order valence-electron chi connectivity index (χ1n) is 7.95. The van der Waals surface area contributed by atoms with Crippen LogP contribution < -0.4 is 5.32 Å². The van der Waals surface area contributed by atoms with E-state index in [1.54, 1.807) is 0 Å². The molecular formula is C18H15BrN4O2S. The van der Waals surface area contributed by atoms with Crippen LogP contribution >= 0.6 is 27.3 Å². The van der Waals surface area contributed by atoms with Crippen molar-refractivity contribution < 1.29 is 9.21 Å². The summed E-state index contributed by atoms with van der Waals surface area (Å²) < 4.78 is 8.48. The fourth-order valence-electron chi connectivity index (χ4n) is 2.62. The van der Waals surface area contributed by atoms with Gasteiger partial charge >= 0.3 is 0 Å². The van der Waals surface area contributed by atoms with E-state index in [4.69, 9.17) is 4.42 Å². The Labute approximate surface area is 162 Å². The zero-order valence-electron chi connectivity index (χ0n) is 14.1. The number of carbonyl (C=O) groups excluding carboxylic acids is 1. The van der Waals surface area contributed by atoms with Crippen molar-refractivity contribution in [1.29, 1.82) is 0 Å². The van der Waals surface area contributed by atoms with E-state index in [9.17, 15) is 4.79 Å². The van der Waals surface area contributed by atoms with Crippen molar-refractivity contribution in [2.45, 2.75) is 20.4 Å². The maximum atomic E-state index is 12.5. The summed E-state index contributed by atoms with van der Waals surface area (Å²) in [4.78, 5) is 22.1. The number of fused-ring (bicyclic) bond motifs is 1. The lowest BCUT2D eigenvalue weighted by atomic mass is 10.3. The topological polar surface area (TPSA) is 72.4 Å². The number of imidazole rings is 1. The van der Waals surface area contributed by atoms with Crippen molar-refractivity contribution in [3.63, 3.8) is 0 Å². The summed E-state index contributed by atoms with van der Waals surface area (Å²) >= 11 is 4.76. The predicted octanol–water partition coefficient (Wildman–Crippen LogP) is 4.36. The highest BCUT2D eigenvalue weighted by atomic mass is 79.9. The van der Waals surface area contributed by atoms with Gasteiger partial charge in [0.1, 0.15) is 16.3 Å². The molecule has 4 rings (SSSR count). The number of amides is 1. The Morgan fingerprint density at radius 2 is 2.08 bits per heavy atom.